The molecule has 42 heavy (non-hydrogen) atoms. The molecule has 0 unspecified atom stereocenters. The number of rotatable bonds is 18. The molecule has 3 aromatic rings. The molecule has 1 aliphatic carbocycles. The van der Waals surface area contributed by atoms with Gasteiger partial charge in [-0.2, -0.15) is 0 Å². The van der Waals surface area contributed by atoms with Gasteiger partial charge in [0.25, 0.3) is 0 Å². The van der Waals surface area contributed by atoms with E-state index in [0.29, 0.717) is 17.9 Å². The summed E-state index contributed by atoms with van der Waals surface area (Å²) in [4.78, 5) is 12.8. The first-order valence-corrected chi connectivity index (χ1v) is 16.1. The predicted molar refractivity (Wildman–Crippen MR) is 170 cm³/mol. The Morgan fingerprint density at radius 3 is 1.93 bits per heavy atom. The Balaban J connectivity index is 1.28. The van der Waals surface area contributed by atoms with Crippen molar-refractivity contribution < 1.29 is 24.1 Å². The summed E-state index contributed by atoms with van der Waals surface area (Å²) in [5.74, 6) is 1.49. The van der Waals surface area contributed by atoms with Crippen molar-refractivity contribution >= 4 is 5.97 Å². The molecular weight excluding hydrogens is 524 g/mol. The van der Waals surface area contributed by atoms with Gasteiger partial charge in [-0.1, -0.05) is 83.8 Å². The second kappa shape index (κ2) is 16.4. The molecule has 0 bridgehead atoms. The number of hydrogen-bond donors (Lipinski definition) is 1. The maximum absolute atomic E-state index is 12.8. The van der Waals surface area contributed by atoms with Gasteiger partial charge in [-0.05, 0) is 97.0 Å². The van der Waals surface area contributed by atoms with Gasteiger partial charge in [0.2, 0.25) is 0 Å². The minimum atomic E-state index is -0.801. The predicted octanol–water partition coefficient (Wildman–Crippen LogP) is 9.83. The minimum absolute atomic E-state index is 0.123. The number of unbranched alkanes of at least 4 members (excludes halogenated alkanes) is 9. The van der Waals surface area contributed by atoms with Crippen LogP contribution in [0.4, 0.5) is 0 Å². The van der Waals surface area contributed by atoms with Crippen LogP contribution in [0.2, 0.25) is 0 Å². The quantitative estimate of drug-likeness (QED) is 0.0933. The van der Waals surface area contributed by atoms with Gasteiger partial charge in [0.15, 0.2) is 0 Å². The van der Waals surface area contributed by atoms with Crippen LogP contribution in [0.5, 0.6) is 17.2 Å². The average Bonchev–Trinajstić information content (AvgIpc) is 3.27. The van der Waals surface area contributed by atoms with Crippen LogP contribution in [0.25, 0.3) is 11.1 Å². The summed E-state index contributed by atoms with van der Waals surface area (Å²) in [6, 6.07) is 18.4. The van der Waals surface area contributed by atoms with Crippen molar-refractivity contribution in [1.29, 1.82) is 0 Å². The van der Waals surface area contributed by atoms with Crippen LogP contribution >= 0.6 is 0 Å². The van der Waals surface area contributed by atoms with Gasteiger partial charge in [-0.25, -0.2) is 4.79 Å². The Kier molecular flexibility index (Phi) is 12.3. The number of benzene rings is 3. The topological polar surface area (TPSA) is 65.0 Å². The van der Waals surface area contributed by atoms with Gasteiger partial charge in [0.1, 0.15) is 23.4 Å². The Labute approximate surface area is 252 Å². The third-order valence-corrected chi connectivity index (χ3v) is 8.04. The molecule has 4 rings (SSSR count). The first-order valence-electron chi connectivity index (χ1n) is 16.1. The monoisotopic (exact) mass is 572 g/mol. The van der Waals surface area contributed by atoms with Crippen LogP contribution in [0.15, 0.2) is 60.7 Å². The van der Waals surface area contributed by atoms with Gasteiger partial charge in [-0.3, -0.25) is 0 Å². The molecule has 0 amide bonds. The lowest BCUT2D eigenvalue weighted by Gasteiger charge is -2.16. The van der Waals surface area contributed by atoms with E-state index in [1.807, 2.05) is 36.4 Å². The third kappa shape index (κ3) is 8.84. The summed E-state index contributed by atoms with van der Waals surface area (Å²) in [6.45, 7) is 7.23. The standard InChI is InChI=1S/C37H48O5/c1-4-6-8-10-11-12-14-24-40-29-18-16-28(17-19-29)37(39)42-31-21-23-33-32-22-20-30(25-34(32)36(38)35(33)26-31)41-27(3)15-13-9-7-5-2/h16-23,25-27,36,38H,4-15,24H2,1-3H3/t27-,36-/m1/s1. The van der Waals surface area contributed by atoms with Gasteiger partial charge in [-0.15, -0.1) is 0 Å². The normalized spacial score (nSPS) is 14.2. The smallest absolute Gasteiger partial charge is 0.343 e. The summed E-state index contributed by atoms with van der Waals surface area (Å²) in [5, 5.41) is 11.1. The zero-order valence-corrected chi connectivity index (χ0v) is 25.7. The van der Waals surface area contributed by atoms with Crippen molar-refractivity contribution in [3.8, 4) is 28.4 Å². The fourth-order valence-corrected chi connectivity index (χ4v) is 5.58. The number of hydrogen-bond acceptors (Lipinski definition) is 5. The summed E-state index contributed by atoms with van der Waals surface area (Å²) in [6.07, 6.45) is 13.9. The number of fused-ring (bicyclic) bond motifs is 3. The zero-order chi connectivity index (χ0) is 29.7. The van der Waals surface area contributed by atoms with Crippen molar-refractivity contribution in [2.24, 2.45) is 0 Å². The minimum Gasteiger partial charge on any atom is -0.494 e. The van der Waals surface area contributed by atoms with Crippen LogP contribution in [-0.2, 0) is 0 Å². The van der Waals surface area contributed by atoms with Gasteiger partial charge >= 0.3 is 5.97 Å². The van der Waals surface area contributed by atoms with E-state index in [1.54, 1.807) is 24.3 Å². The maximum atomic E-state index is 12.8. The summed E-state index contributed by atoms with van der Waals surface area (Å²) in [7, 11) is 0. The molecule has 0 fully saturated rings. The molecule has 0 saturated carbocycles. The largest absolute Gasteiger partial charge is 0.494 e. The molecule has 2 atom stereocenters. The Morgan fingerprint density at radius 2 is 1.26 bits per heavy atom. The lowest BCUT2D eigenvalue weighted by Crippen LogP contribution is -2.11. The molecular formula is C37H48O5. The van der Waals surface area contributed by atoms with E-state index >= 15 is 0 Å². The number of carbonyl (C=O) groups is 1. The molecule has 0 heterocycles. The van der Waals surface area contributed by atoms with Crippen LogP contribution in [0.1, 0.15) is 125 Å². The van der Waals surface area contributed by atoms with E-state index in [0.717, 1.165) is 53.0 Å². The maximum Gasteiger partial charge on any atom is 0.343 e. The Morgan fingerprint density at radius 1 is 0.714 bits per heavy atom. The van der Waals surface area contributed by atoms with Gasteiger partial charge in [0.05, 0.1) is 18.3 Å². The fraction of sp³-hybridized carbons (Fsp3) is 0.486. The van der Waals surface area contributed by atoms with E-state index < -0.39 is 12.1 Å². The summed E-state index contributed by atoms with van der Waals surface area (Å²) in [5.41, 5.74) is 3.92. The number of carbonyl (C=O) groups excluding carboxylic acids is 1. The number of aliphatic hydroxyl groups excluding tert-OH is 1. The second-order valence-electron chi connectivity index (χ2n) is 11.6. The molecule has 0 spiro atoms. The average molecular weight is 573 g/mol. The fourth-order valence-electron chi connectivity index (χ4n) is 5.58. The molecule has 3 aromatic carbocycles. The molecule has 5 nitrogen and oxygen atoms in total. The van der Waals surface area contributed by atoms with Crippen molar-refractivity contribution in [3.63, 3.8) is 0 Å². The molecule has 0 saturated heterocycles. The third-order valence-electron chi connectivity index (χ3n) is 8.04. The molecule has 0 radical (unpaired) electrons. The first-order chi connectivity index (χ1) is 20.5. The van der Waals surface area contributed by atoms with Gasteiger partial charge in [0, 0.05) is 0 Å². The highest BCUT2D eigenvalue weighted by Crippen LogP contribution is 2.46. The second-order valence-corrected chi connectivity index (χ2v) is 11.6. The summed E-state index contributed by atoms with van der Waals surface area (Å²) < 4.78 is 17.7. The number of esters is 1. The van der Waals surface area contributed by atoms with E-state index in [-0.39, 0.29) is 6.10 Å². The Hall–Kier alpha value is -3.31. The highest BCUT2D eigenvalue weighted by molar-refractivity contribution is 5.91. The van der Waals surface area contributed by atoms with Crippen LogP contribution in [0, 0.1) is 0 Å². The van der Waals surface area contributed by atoms with Crippen LogP contribution in [-0.4, -0.2) is 23.8 Å². The first kappa shape index (κ1) is 31.6. The highest BCUT2D eigenvalue weighted by atomic mass is 16.5. The van der Waals surface area contributed by atoms with E-state index in [1.165, 1.54) is 57.8 Å². The van der Waals surface area contributed by atoms with Crippen LogP contribution in [0.3, 0.4) is 0 Å². The van der Waals surface area contributed by atoms with Crippen LogP contribution < -0.4 is 14.2 Å². The molecule has 0 aliphatic heterocycles. The molecule has 1 N–H and O–H groups in total. The summed E-state index contributed by atoms with van der Waals surface area (Å²) >= 11 is 0. The van der Waals surface area contributed by atoms with Crippen molar-refractivity contribution in [2.45, 2.75) is 110 Å². The Bertz CT molecular complexity index is 1270. The van der Waals surface area contributed by atoms with E-state index in [2.05, 4.69) is 20.8 Å². The van der Waals surface area contributed by atoms with Crippen molar-refractivity contribution in [2.75, 3.05) is 6.61 Å². The van der Waals surface area contributed by atoms with Crippen molar-refractivity contribution in [3.05, 3.63) is 77.4 Å². The number of aliphatic hydroxyl groups is 1. The van der Waals surface area contributed by atoms with E-state index in [4.69, 9.17) is 14.2 Å². The van der Waals surface area contributed by atoms with Gasteiger partial charge < -0.3 is 19.3 Å². The lowest BCUT2D eigenvalue weighted by molar-refractivity contribution is 0.0734. The molecule has 1 aliphatic rings. The molecule has 0 aromatic heterocycles. The lowest BCUT2D eigenvalue weighted by atomic mass is 10.1. The van der Waals surface area contributed by atoms with E-state index in [9.17, 15) is 9.90 Å². The molecule has 226 valence electrons. The zero-order valence-electron chi connectivity index (χ0n) is 25.7. The molecule has 5 heteroatoms. The highest BCUT2D eigenvalue weighted by Gasteiger charge is 2.28. The van der Waals surface area contributed by atoms with Crippen molar-refractivity contribution in [1.82, 2.24) is 0 Å². The SMILES string of the molecule is CCCCCCCCCOc1ccc(C(=O)Oc2ccc3c(c2)[C@H](O)c2cc(O[C@H](C)CCCCCC)ccc2-3)cc1. The number of ether oxygens (including phenoxy) is 3.